The third kappa shape index (κ3) is 21.2. The van der Waals surface area contributed by atoms with Crippen LogP contribution >= 0.6 is 0 Å². The van der Waals surface area contributed by atoms with Crippen molar-refractivity contribution in [3.05, 3.63) is 12.2 Å². The minimum Gasteiger partial charge on any atom is -0.466 e. The number of unbranched alkanes of at least 4 members (excludes halogenated alkanes) is 11. The molecule has 0 spiro atoms. The topological polar surface area (TPSA) is 29.5 Å². The van der Waals surface area contributed by atoms with E-state index < -0.39 is 0 Å². The van der Waals surface area contributed by atoms with Crippen molar-refractivity contribution < 1.29 is 9.53 Å². The van der Waals surface area contributed by atoms with Crippen LogP contribution in [0.5, 0.6) is 0 Å². The van der Waals surface area contributed by atoms with E-state index in [1.165, 1.54) is 70.6 Å². The molecule has 0 aliphatic heterocycles. The molecule has 3 nitrogen and oxygen atoms in total. The summed E-state index contributed by atoms with van der Waals surface area (Å²) in [5, 5.41) is 0. The smallest absolute Gasteiger partial charge is 0.305 e. The van der Waals surface area contributed by atoms with Gasteiger partial charge in [-0.15, -0.1) is 0 Å². The van der Waals surface area contributed by atoms with Crippen LogP contribution in [0.1, 0.15) is 103 Å². The van der Waals surface area contributed by atoms with E-state index in [-0.39, 0.29) is 5.97 Å². The van der Waals surface area contributed by atoms with Crippen LogP contribution in [0.25, 0.3) is 0 Å². The Bertz CT molecular complexity index is 326. The molecule has 0 aliphatic carbocycles. The zero-order valence-corrected chi connectivity index (χ0v) is 17.9. The fraction of sp³-hybridized carbons (Fsp3) is 0.870. The standard InChI is InChI=1S/C23H45NO2/c1-4-5-6-7-8-9-10-11-12-13-14-15-16-17-18-20-23(25)26-22-19-21-24(2)3/h11-12H,4-10,13-22H2,1-3H3/b12-11-. The van der Waals surface area contributed by atoms with Gasteiger partial charge in [0.15, 0.2) is 0 Å². The predicted molar refractivity (Wildman–Crippen MR) is 114 cm³/mol. The van der Waals surface area contributed by atoms with E-state index in [2.05, 4.69) is 24.0 Å². The predicted octanol–water partition coefficient (Wildman–Crippen LogP) is 6.52. The molecule has 0 rings (SSSR count). The lowest BCUT2D eigenvalue weighted by Gasteiger charge is -2.09. The summed E-state index contributed by atoms with van der Waals surface area (Å²) in [6.07, 6.45) is 22.9. The molecule has 0 aromatic rings. The molecule has 0 bridgehead atoms. The summed E-state index contributed by atoms with van der Waals surface area (Å²) >= 11 is 0. The Kier molecular flexibility index (Phi) is 19.8. The first-order valence-electron chi connectivity index (χ1n) is 11.1. The zero-order valence-electron chi connectivity index (χ0n) is 17.9. The number of hydrogen-bond acceptors (Lipinski definition) is 3. The molecule has 0 N–H and O–H groups in total. The van der Waals surface area contributed by atoms with Gasteiger partial charge in [0.05, 0.1) is 6.61 Å². The lowest BCUT2D eigenvalue weighted by atomic mass is 10.1. The van der Waals surface area contributed by atoms with Crippen LogP contribution in [-0.2, 0) is 9.53 Å². The molecule has 154 valence electrons. The third-order valence-corrected chi connectivity index (χ3v) is 4.66. The number of hydrogen-bond donors (Lipinski definition) is 0. The van der Waals surface area contributed by atoms with Crippen molar-refractivity contribution in [1.82, 2.24) is 4.90 Å². The monoisotopic (exact) mass is 367 g/mol. The van der Waals surface area contributed by atoms with E-state index in [0.29, 0.717) is 13.0 Å². The molecule has 0 fully saturated rings. The Hall–Kier alpha value is -0.830. The first kappa shape index (κ1) is 25.2. The van der Waals surface area contributed by atoms with Gasteiger partial charge in [0.25, 0.3) is 0 Å². The van der Waals surface area contributed by atoms with Gasteiger partial charge in [-0.25, -0.2) is 0 Å². The summed E-state index contributed by atoms with van der Waals surface area (Å²) in [7, 11) is 4.07. The van der Waals surface area contributed by atoms with Crippen LogP contribution in [0.3, 0.4) is 0 Å². The first-order chi connectivity index (χ1) is 12.7. The molecule has 0 unspecified atom stereocenters. The quantitative estimate of drug-likeness (QED) is 0.148. The summed E-state index contributed by atoms with van der Waals surface area (Å²) in [6.45, 7) is 3.80. The minimum atomic E-state index is -0.0265. The molecule has 0 aromatic carbocycles. The van der Waals surface area contributed by atoms with E-state index in [4.69, 9.17) is 4.74 Å². The van der Waals surface area contributed by atoms with Crippen molar-refractivity contribution in [1.29, 1.82) is 0 Å². The van der Waals surface area contributed by atoms with Crippen LogP contribution in [-0.4, -0.2) is 38.1 Å². The molecule has 0 saturated heterocycles. The van der Waals surface area contributed by atoms with Crippen LogP contribution < -0.4 is 0 Å². The van der Waals surface area contributed by atoms with Gasteiger partial charge in [0, 0.05) is 13.0 Å². The highest BCUT2D eigenvalue weighted by molar-refractivity contribution is 5.69. The second-order valence-electron chi connectivity index (χ2n) is 7.71. The van der Waals surface area contributed by atoms with Crippen LogP contribution in [0.4, 0.5) is 0 Å². The van der Waals surface area contributed by atoms with Crippen molar-refractivity contribution in [3.63, 3.8) is 0 Å². The number of rotatable bonds is 19. The number of ether oxygens (including phenoxy) is 1. The van der Waals surface area contributed by atoms with E-state index in [1.54, 1.807) is 0 Å². The number of carbonyl (C=O) groups excluding carboxylic acids is 1. The highest BCUT2D eigenvalue weighted by Crippen LogP contribution is 2.10. The maximum absolute atomic E-state index is 11.6. The third-order valence-electron chi connectivity index (χ3n) is 4.66. The lowest BCUT2D eigenvalue weighted by molar-refractivity contribution is -0.143. The number of nitrogens with zero attached hydrogens (tertiary/aromatic N) is 1. The number of carbonyl (C=O) groups is 1. The van der Waals surface area contributed by atoms with Gasteiger partial charge in [-0.05, 0) is 52.6 Å². The normalized spacial score (nSPS) is 11.5. The van der Waals surface area contributed by atoms with Crippen molar-refractivity contribution in [2.24, 2.45) is 0 Å². The van der Waals surface area contributed by atoms with Gasteiger partial charge in [0.2, 0.25) is 0 Å². The summed E-state index contributed by atoms with van der Waals surface area (Å²) in [5.41, 5.74) is 0. The van der Waals surface area contributed by atoms with Gasteiger partial charge >= 0.3 is 5.97 Å². The first-order valence-corrected chi connectivity index (χ1v) is 11.1. The molecule has 0 radical (unpaired) electrons. The Morgan fingerprint density at radius 2 is 1.31 bits per heavy atom. The second kappa shape index (κ2) is 20.5. The van der Waals surface area contributed by atoms with Gasteiger partial charge in [-0.3, -0.25) is 4.79 Å². The Balaban J connectivity index is 3.21. The van der Waals surface area contributed by atoms with Crippen molar-refractivity contribution in [2.75, 3.05) is 27.2 Å². The van der Waals surface area contributed by atoms with Crippen molar-refractivity contribution in [2.45, 2.75) is 103 Å². The van der Waals surface area contributed by atoms with E-state index in [0.717, 1.165) is 25.8 Å². The fourth-order valence-electron chi connectivity index (χ4n) is 2.98. The maximum atomic E-state index is 11.6. The molecule has 0 aromatic heterocycles. The number of allylic oxidation sites excluding steroid dienone is 2. The maximum Gasteiger partial charge on any atom is 0.305 e. The second-order valence-corrected chi connectivity index (χ2v) is 7.71. The summed E-state index contributed by atoms with van der Waals surface area (Å²) < 4.78 is 5.24. The molecular weight excluding hydrogens is 322 g/mol. The molecule has 0 saturated carbocycles. The largest absolute Gasteiger partial charge is 0.466 e. The molecule has 0 atom stereocenters. The lowest BCUT2D eigenvalue weighted by Crippen LogP contribution is -2.16. The molecule has 0 heterocycles. The van der Waals surface area contributed by atoms with E-state index in [1.807, 2.05) is 14.1 Å². The van der Waals surface area contributed by atoms with Crippen LogP contribution in [0.2, 0.25) is 0 Å². The average Bonchev–Trinajstić information content (AvgIpc) is 2.62. The molecular formula is C23H45NO2. The van der Waals surface area contributed by atoms with Crippen LogP contribution in [0.15, 0.2) is 12.2 Å². The van der Waals surface area contributed by atoms with Crippen molar-refractivity contribution >= 4 is 5.97 Å². The van der Waals surface area contributed by atoms with E-state index in [9.17, 15) is 4.79 Å². The Morgan fingerprint density at radius 3 is 1.88 bits per heavy atom. The SMILES string of the molecule is CCCCCCCC/C=C\CCCCCCCC(=O)OCCCN(C)C. The van der Waals surface area contributed by atoms with Gasteiger partial charge in [-0.1, -0.05) is 70.4 Å². The summed E-state index contributed by atoms with van der Waals surface area (Å²) in [6, 6.07) is 0. The fourth-order valence-corrected chi connectivity index (χ4v) is 2.98. The van der Waals surface area contributed by atoms with Gasteiger partial charge in [0.1, 0.15) is 0 Å². The number of esters is 1. The van der Waals surface area contributed by atoms with Gasteiger partial charge < -0.3 is 9.64 Å². The Morgan fingerprint density at radius 1 is 0.769 bits per heavy atom. The zero-order chi connectivity index (χ0) is 19.3. The minimum absolute atomic E-state index is 0.0265. The summed E-state index contributed by atoms with van der Waals surface area (Å²) in [5.74, 6) is -0.0265. The highest BCUT2D eigenvalue weighted by Gasteiger charge is 2.02. The highest BCUT2D eigenvalue weighted by atomic mass is 16.5. The van der Waals surface area contributed by atoms with Crippen LogP contribution in [0, 0.1) is 0 Å². The average molecular weight is 368 g/mol. The molecule has 26 heavy (non-hydrogen) atoms. The molecule has 0 amide bonds. The van der Waals surface area contributed by atoms with Crippen molar-refractivity contribution in [3.8, 4) is 0 Å². The molecule has 3 heteroatoms. The van der Waals surface area contributed by atoms with Gasteiger partial charge in [-0.2, -0.15) is 0 Å². The van der Waals surface area contributed by atoms with E-state index >= 15 is 0 Å². The molecule has 0 aliphatic rings. The summed E-state index contributed by atoms with van der Waals surface area (Å²) in [4.78, 5) is 13.7. The Labute approximate surface area is 163 Å².